The second-order valence-electron chi connectivity index (χ2n) is 9.20. The van der Waals surface area contributed by atoms with E-state index in [4.69, 9.17) is 0 Å². The molecule has 0 bridgehead atoms. The van der Waals surface area contributed by atoms with E-state index in [1.165, 1.54) is 4.90 Å². The summed E-state index contributed by atoms with van der Waals surface area (Å²) in [6, 6.07) is 13.2. The third-order valence-corrected chi connectivity index (χ3v) is 7.91. The number of carbonyl (C=O) groups excluding carboxylic acids is 3. The molecule has 1 saturated carbocycles. The second kappa shape index (κ2) is 9.21. The summed E-state index contributed by atoms with van der Waals surface area (Å²) in [6.07, 6.45) is 7.27. The molecule has 2 fully saturated rings. The summed E-state index contributed by atoms with van der Waals surface area (Å²) in [5.74, 6) is -0.109. The van der Waals surface area contributed by atoms with Crippen molar-refractivity contribution in [2.45, 2.75) is 55.5 Å². The topological polar surface area (TPSA) is 78.5 Å². The van der Waals surface area contributed by atoms with E-state index < -0.39 is 6.04 Å². The SMILES string of the molecule is CSc1ccc(-c2ccc3c(c2)C(=O)N2CC[C@H](NC(=O)C4CCCC4)C[C@H]2C(=O)N3)cc1. The molecular formula is C26H29N3O3S. The van der Waals surface area contributed by atoms with Gasteiger partial charge in [-0.3, -0.25) is 14.4 Å². The molecule has 2 atom stereocenters. The van der Waals surface area contributed by atoms with Crippen LogP contribution in [0.4, 0.5) is 5.69 Å². The number of carbonyl (C=O) groups is 3. The summed E-state index contributed by atoms with van der Waals surface area (Å²) < 4.78 is 0. The zero-order valence-electron chi connectivity index (χ0n) is 18.8. The molecule has 2 aromatic carbocycles. The number of amides is 3. The lowest BCUT2D eigenvalue weighted by Crippen LogP contribution is -2.55. The Labute approximate surface area is 198 Å². The van der Waals surface area contributed by atoms with Crippen LogP contribution >= 0.6 is 11.8 Å². The quantitative estimate of drug-likeness (QED) is 0.663. The highest BCUT2D eigenvalue weighted by Gasteiger charge is 2.40. The van der Waals surface area contributed by atoms with Crippen LogP contribution in [0.2, 0.25) is 0 Å². The van der Waals surface area contributed by atoms with Crippen LogP contribution in [-0.4, -0.2) is 47.5 Å². The molecule has 0 radical (unpaired) electrons. The molecule has 2 aromatic rings. The normalized spacial score (nSPS) is 22.9. The zero-order valence-corrected chi connectivity index (χ0v) is 19.6. The third kappa shape index (κ3) is 4.38. The molecule has 2 N–H and O–H groups in total. The summed E-state index contributed by atoms with van der Waals surface area (Å²) in [6.45, 7) is 0.457. The van der Waals surface area contributed by atoms with Crippen molar-refractivity contribution in [1.29, 1.82) is 0 Å². The van der Waals surface area contributed by atoms with E-state index in [9.17, 15) is 14.4 Å². The van der Waals surface area contributed by atoms with Crippen molar-refractivity contribution in [2.75, 3.05) is 18.1 Å². The minimum absolute atomic E-state index is 0.0791. The number of thioether (sulfide) groups is 1. The lowest BCUT2D eigenvalue weighted by Gasteiger charge is -2.37. The van der Waals surface area contributed by atoms with Gasteiger partial charge in [-0.25, -0.2) is 0 Å². The second-order valence-corrected chi connectivity index (χ2v) is 10.1. The van der Waals surface area contributed by atoms with E-state index in [2.05, 4.69) is 34.9 Å². The van der Waals surface area contributed by atoms with Crippen LogP contribution in [0.15, 0.2) is 47.4 Å². The maximum atomic E-state index is 13.5. The molecule has 3 amide bonds. The van der Waals surface area contributed by atoms with E-state index in [-0.39, 0.29) is 29.7 Å². The van der Waals surface area contributed by atoms with Crippen molar-refractivity contribution < 1.29 is 14.4 Å². The van der Waals surface area contributed by atoms with Crippen LogP contribution in [-0.2, 0) is 9.59 Å². The number of hydrogen-bond acceptors (Lipinski definition) is 4. The Morgan fingerprint density at radius 3 is 2.48 bits per heavy atom. The van der Waals surface area contributed by atoms with Gasteiger partial charge in [-0.15, -0.1) is 11.8 Å². The highest BCUT2D eigenvalue weighted by Crippen LogP contribution is 2.33. The van der Waals surface area contributed by atoms with Crippen LogP contribution in [0.1, 0.15) is 48.9 Å². The lowest BCUT2D eigenvalue weighted by atomic mass is 9.95. The Bertz CT molecular complexity index is 1080. The largest absolute Gasteiger partial charge is 0.353 e. The predicted molar refractivity (Wildman–Crippen MR) is 130 cm³/mol. The van der Waals surface area contributed by atoms with E-state index >= 15 is 0 Å². The fourth-order valence-electron chi connectivity index (χ4n) is 5.26. The highest BCUT2D eigenvalue weighted by molar-refractivity contribution is 7.98. The van der Waals surface area contributed by atoms with Gasteiger partial charge in [-0.05, 0) is 67.3 Å². The van der Waals surface area contributed by atoms with Gasteiger partial charge in [0.25, 0.3) is 5.91 Å². The van der Waals surface area contributed by atoms with Gasteiger partial charge < -0.3 is 15.5 Å². The summed E-state index contributed by atoms with van der Waals surface area (Å²) in [4.78, 5) is 42.0. The molecule has 0 unspecified atom stereocenters. The highest BCUT2D eigenvalue weighted by atomic mass is 32.2. The molecular weight excluding hydrogens is 434 g/mol. The van der Waals surface area contributed by atoms with Crippen molar-refractivity contribution in [3.05, 3.63) is 48.0 Å². The van der Waals surface area contributed by atoms with E-state index in [0.717, 1.165) is 36.8 Å². The number of anilines is 1. The Hall–Kier alpha value is -2.80. The fourth-order valence-corrected chi connectivity index (χ4v) is 5.67. The van der Waals surface area contributed by atoms with Gasteiger partial charge in [-0.1, -0.05) is 31.0 Å². The molecule has 5 rings (SSSR count). The molecule has 3 aliphatic rings. The first kappa shape index (κ1) is 22.0. The Kier molecular flexibility index (Phi) is 6.15. The Balaban J connectivity index is 1.35. The summed E-state index contributed by atoms with van der Waals surface area (Å²) >= 11 is 1.69. The minimum Gasteiger partial charge on any atom is -0.353 e. The predicted octanol–water partition coefficient (Wildman–Crippen LogP) is 4.31. The average molecular weight is 464 g/mol. The number of nitrogens with zero attached hydrogens (tertiary/aromatic N) is 1. The molecule has 6 nitrogen and oxygen atoms in total. The molecule has 172 valence electrons. The first-order valence-corrected chi connectivity index (χ1v) is 13.0. The maximum absolute atomic E-state index is 13.5. The van der Waals surface area contributed by atoms with Crippen molar-refractivity contribution >= 4 is 35.2 Å². The number of rotatable bonds is 4. The van der Waals surface area contributed by atoms with Gasteiger partial charge in [0.05, 0.1) is 11.3 Å². The molecule has 0 aromatic heterocycles. The smallest absolute Gasteiger partial charge is 0.256 e. The molecule has 7 heteroatoms. The van der Waals surface area contributed by atoms with Crippen molar-refractivity contribution in [3.8, 4) is 11.1 Å². The number of hydrogen-bond donors (Lipinski definition) is 2. The van der Waals surface area contributed by atoms with Gasteiger partial charge in [0.15, 0.2) is 0 Å². The summed E-state index contributed by atoms with van der Waals surface area (Å²) in [5, 5.41) is 6.11. The third-order valence-electron chi connectivity index (χ3n) is 7.17. The first-order valence-electron chi connectivity index (χ1n) is 11.7. The van der Waals surface area contributed by atoms with Crippen LogP contribution in [0, 0.1) is 5.92 Å². The molecule has 2 heterocycles. The van der Waals surface area contributed by atoms with Gasteiger partial charge in [0, 0.05) is 23.4 Å². The van der Waals surface area contributed by atoms with Gasteiger partial charge in [0.1, 0.15) is 6.04 Å². The standard InChI is InChI=1S/C26H29N3O3S/c1-33-20-9-6-16(7-10-20)18-8-11-22-21(14-18)26(32)29-13-12-19(15-23(29)25(31)28-22)27-24(30)17-4-2-3-5-17/h6-11,14,17,19,23H,2-5,12-13,15H2,1H3,(H,27,30)(H,28,31)/t19-,23-/m0/s1. The fraction of sp³-hybridized carbons (Fsp3) is 0.423. The number of benzene rings is 2. The Morgan fingerprint density at radius 2 is 1.76 bits per heavy atom. The van der Waals surface area contributed by atoms with E-state index in [1.807, 2.05) is 24.5 Å². The molecule has 1 saturated heterocycles. The lowest BCUT2D eigenvalue weighted by molar-refractivity contribution is -0.127. The van der Waals surface area contributed by atoms with Crippen LogP contribution in [0.3, 0.4) is 0 Å². The molecule has 33 heavy (non-hydrogen) atoms. The molecule has 2 aliphatic heterocycles. The number of fused-ring (bicyclic) bond motifs is 2. The maximum Gasteiger partial charge on any atom is 0.256 e. The molecule has 1 aliphatic carbocycles. The van der Waals surface area contributed by atoms with Crippen LogP contribution in [0.5, 0.6) is 0 Å². The zero-order chi connectivity index (χ0) is 22.9. The van der Waals surface area contributed by atoms with Crippen molar-refractivity contribution in [3.63, 3.8) is 0 Å². The van der Waals surface area contributed by atoms with E-state index in [1.54, 1.807) is 16.7 Å². The van der Waals surface area contributed by atoms with E-state index in [0.29, 0.717) is 30.6 Å². The Morgan fingerprint density at radius 1 is 1.03 bits per heavy atom. The monoisotopic (exact) mass is 463 g/mol. The van der Waals surface area contributed by atoms with Crippen molar-refractivity contribution in [2.24, 2.45) is 5.92 Å². The van der Waals surface area contributed by atoms with Crippen molar-refractivity contribution in [1.82, 2.24) is 10.2 Å². The number of nitrogens with one attached hydrogen (secondary N) is 2. The number of piperidine rings is 1. The summed E-state index contributed by atoms with van der Waals surface area (Å²) in [7, 11) is 0. The van der Waals surface area contributed by atoms with Crippen LogP contribution in [0.25, 0.3) is 11.1 Å². The molecule has 0 spiro atoms. The average Bonchev–Trinajstić information content (AvgIpc) is 3.36. The van der Waals surface area contributed by atoms with Gasteiger partial charge >= 0.3 is 0 Å². The van der Waals surface area contributed by atoms with Gasteiger partial charge in [0.2, 0.25) is 11.8 Å². The summed E-state index contributed by atoms with van der Waals surface area (Å²) in [5.41, 5.74) is 3.05. The van der Waals surface area contributed by atoms with Crippen LogP contribution < -0.4 is 10.6 Å². The minimum atomic E-state index is -0.572. The first-order chi connectivity index (χ1) is 16.0. The van der Waals surface area contributed by atoms with Gasteiger partial charge in [-0.2, -0.15) is 0 Å².